The van der Waals surface area contributed by atoms with Crippen LogP contribution in [0, 0.1) is 0 Å². The minimum absolute atomic E-state index is 0.0120. The van der Waals surface area contributed by atoms with Gasteiger partial charge in [0.05, 0.1) is 6.10 Å². The zero-order valence-corrected chi connectivity index (χ0v) is 12.6. The van der Waals surface area contributed by atoms with Crippen molar-refractivity contribution in [3.05, 3.63) is 71.3 Å². The topological polar surface area (TPSA) is 38.3 Å². The van der Waals surface area contributed by atoms with Gasteiger partial charge in [-0.3, -0.25) is 4.79 Å². The van der Waals surface area contributed by atoms with Crippen LogP contribution in [-0.2, 0) is 11.2 Å². The fraction of sp³-hybridized carbons (Fsp3) is 0.316. The summed E-state index contributed by atoms with van der Waals surface area (Å²) in [7, 11) is 0. The van der Waals surface area contributed by atoms with Gasteiger partial charge < -0.3 is 10.1 Å². The first-order valence-electron chi connectivity index (χ1n) is 7.84. The molecule has 1 N–H and O–H groups in total. The van der Waals surface area contributed by atoms with Crippen molar-refractivity contribution in [1.29, 1.82) is 0 Å². The predicted octanol–water partition coefficient (Wildman–Crippen LogP) is 3.19. The van der Waals surface area contributed by atoms with E-state index in [2.05, 4.69) is 17.4 Å². The molecule has 114 valence electrons. The van der Waals surface area contributed by atoms with E-state index >= 15 is 0 Å². The largest absolute Gasteiger partial charge is 0.376 e. The summed E-state index contributed by atoms with van der Waals surface area (Å²) < 4.78 is 5.55. The van der Waals surface area contributed by atoms with E-state index < -0.39 is 0 Å². The number of rotatable bonds is 5. The first-order chi connectivity index (χ1) is 10.8. The monoisotopic (exact) mass is 295 g/mol. The SMILES string of the molecule is O=C(NC[C@H]1CCCO1)c1ccccc1Cc1ccccc1. The van der Waals surface area contributed by atoms with Crippen LogP contribution in [0.15, 0.2) is 54.6 Å². The fourth-order valence-corrected chi connectivity index (χ4v) is 2.82. The summed E-state index contributed by atoms with van der Waals surface area (Å²) >= 11 is 0. The molecule has 1 saturated heterocycles. The standard InChI is InChI=1S/C19H21NO2/c21-19(20-14-17-10-6-12-22-17)18-11-5-4-9-16(18)13-15-7-2-1-3-8-15/h1-5,7-9,11,17H,6,10,12-14H2,(H,20,21)/t17-/m1/s1. The first kappa shape index (κ1) is 14.8. The molecule has 0 saturated carbocycles. The van der Waals surface area contributed by atoms with E-state index in [4.69, 9.17) is 4.74 Å². The van der Waals surface area contributed by atoms with Gasteiger partial charge in [0.1, 0.15) is 0 Å². The molecule has 22 heavy (non-hydrogen) atoms. The van der Waals surface area contributed by atoms with Gasteiger partial charge >= 0.3 is 0 Å². The minimum atomic E-state index is -0.0120. The molecule has 3 heteroatoms. The summed E-state index contributed by atoms with van der Waals surface area (Å²) in [6, 6.07) is 18.0. The maximum absolute atomic E-state index is 12.4. The zero-order chi connectivity index (χ0) is 15.2. The second-order valence-corrected chi connectivity index (χ2v) is 5.66. The van der Waals surface area contributed by atoms with Crippen LogP contribution in [0.3, 0.4) is 0 Å². The average Bonchev–Trinajstić information content (AvgIpc) is 3.08. The molecule has 1 aliphatic heterocycles. The summed E-state index contributed by atoms with van der Waals surface area (Å²) in [5.74, 6) is -0.0120. The van der Waals surface area contributed by atoms with Gasteiger partial charge in [-0.1, -0.05) is 48.5 Å². The van der Waals surface area contributed by atoms with Crippen LogP contribution in [0.5, 0.6) is 0 Å². The normalized spacial score (nSPS) is 17.4. The number of benzene rings is 2. The Morgan fingerprint density at radius 3 is 2.64 bits per heavy atom. The highest BCUT2D eigenvalue weighted by Crippen LogP contribution is 2.15. The Morgan fingerprint density at radius 1 is 1.09 bits per heavy atom. The van der Waals surface area contributed by atoms with Crippen molar-refractivity contribution >= 4 is 5.91 Å². The van der Waals surface area contributed by atoms with E-state index in [1.54, 1.807) is 0 Å². The molecule has 0 unspecified atom stereocenters. The van der Waals surface area contributed by atoms with Gasteiger partial charge in [0.15, 0.2) is 0 Å². The molecular weight excluding hydrogens is 274 g/mol. The van der Waals surface area contributed by atoms with Crippen molar-refractivity contribution in [2.75, 3.05) is 13.2 Å². The quantitative estimate of drug-likeness (QED) is 0.920. The molecule has 0 radical (unpaired) electrons. The van der Waals surface area contributed by atoms with Crippen LogP contribution < -0.4 is 5.32 Å². The Hall–Kier alpha value is -2.13. The second-order valence-electron chi connectivity index (χ2n) is 5.66. The zero-order valence-electron chi connectivity index (χ0n) is 12.6. The highest BCUT2D eigenvalue weighted by Gasteiger charge is 2.17. The van der Waals surface area contributed by atoms with Gasteiger partial charge in [0.2, 0.25) is 0 Å². The maximum atomic E-state index is 12.4. The van der Waals surface area contributed by atoms with Crippen LogP contribution in [0.25, 0.3) is 0 Å². The van der Waals surface area contributed by atoms with Crippen molar-refractivity contribution < 1.29 is 9.53 Å². The molecule has 3 nitrogen and oxygen atoms in total. The molecule has 0 aromatic heterocycles. The summed E-state index contributed by atoms with van der Waals surface area (Å²) in [6.07, 6.45) is 3.06. The molecule has 0 bridgehead atoms. The number of hydrogen-bond donors (Lipinski definition) is 1. The van der Waals surface area contributed by atoms with Gasteiger partial charge in [-0.2, -0.15) is 0 Å². The Kier molecular flexibility index (Phi) is 4.86. The Balaban J connectivity index is 1.68. The Morgan fingerprint density at radius 2 is 1.86 bits per heavy atom. The molecule has 3 rings (SSSR count). The number of hydrogen-bond acceptors (Lipinski definition) is 2. The molecule has 0 aliphatic carbocycles. The van der Waals surface area contributed by atoms with Crippen molar-refractivity contribution in [1.82, 2.24) is 5.32 Å². The van der Waals surface area contributed by atoms with Gasteiger partial charge in [-0.15, -0.1) is 0 Å². The molecule has 1 atom stereocenters. The number of amides is 1. The van der Waals surface area contributed by atoms with Crippen LogP contribution in [0.1, 0.15) is 34.3 Å². The van der Waals surface area contributed by atoms with Gasteiger partial charge in [0, 0.05) is 18.7 Å². The smallest absolute Gasteiger partial charge is 0.251 e. The van der Waals surface area contributed by atoms with E-state index in [1.165, 1.54) is 5.56 Å². The van der Waals surface area contributed by atoms with Crippen LogP contribution >= 0.6 is 0 Å². The lowest BCUT2D eigenvalue weighted by atomic mass is 9.99. The third-order valence-corrected chi connectivity index (χ3v) is 4.01. The van der Waals surface area contributed by atoms with Gasteiger partial charge in [0.25, 0.3) is 5.91 Å². The second kappa shape index (κ2) is 7.23. The molecule has 1 heterocycles. The molecule has 1 fully saturated rings. The van der Waals surface area contributed by atoms with Crippen molar-refractivity contribution in [3.8, 4) is 0 Å². The van der Waals surface area contributed by atoms with E-state index in [9.17, 15) is 4.79 Å². The summed E-state index contributed by atoms with van der Waals surface area (Å²) in [5.41, 5.74) is 3.02. The lowest BCUT2D eigenvalue weighted by Crippen LogP contribution is -2.32. The first-order valence-corrected chi connectivity index (χ1v) is 7.84. The highest BCUT2D eigenvalue weighted by molar-refractivity contribution is 5.95. The third kappa shape index (κ3) is 3.74. The average molecular weight is 295 g/mol. The molecule has 0 spiro atoms. The summed E-state index contributed by atoms with van der Waals surface area (Å²) in [4.78, 5) is 12.4. The van der Waals surface area contributed by atoms with Gasteiger partial charge in [-0.25, -0.2) is 0 Å². The molecule has 1 aliphatic rings. The summed E-state index contributed by atoms with van der Waals surface area (Å²) in [6.45, 7) is 1.41. The maximum Gasteiger partial charge on any atom is 0.251 e. The van der Waals surface area contributed by atoms with Crippen molar-refractivity contribution in [3.63, 3.8) is 0 Å². The molecular formula is C19H21NO2. The third-order valence-electron chi connectivity index (χ3n) is 4.01. The molecule has 2 aromatic carbocycles. The number of carbonyl (C=O) groups excluding carboxylic acids is 1. The molecule has 1 amide bonds. The van der Waals surface area contributed by atoms with Crippen molar-refractivity contribution in [2.45, 2.75) is 25.4 Å². The minimum Gasteiger partial charge on any atom is -0.376 e. The number of carbonyl (C=O) groups is 1. The van der Waals surface area contributed by atoms with Crippen molar-refractivity contribution in [2.24, 2.45) is 0 Å². The Labute approximate surface area is 131 Å². The predicted molar refractivity (Wildman–Crippen MR) is 87.0 cm³/mol. The fourth-order valence-electron chi connectivity index (χ4n) is 2.82. The summed E-state index contributed by atoms with van der Waals surface area (Å²) in [5, 5.41) is 3.00. The van der Waals surface area contributed by atoms with Gasteiger partial charge in [-0.05, 0) is 36.5 Å². The van der Waals surface area contributed by atoms with Crippen LogP contribution in [0.4, 0.5) is 0 Å². The lowest BCUT2D eigenvalue weighted by Gasteiger charge is -2.13. The number of ether oxygens (including phenoxy) is 1. The Bertz CT molecular complexity index is 618. The van der Waals surface area contributed by atoms with E-state index in [-0.39, 0.29) is 12.0 Å². The van der Waals surface area contributed by atoms with E-state index in [1.807, 2.05) is 42.5 Å². The molecule has 2 aromatic rings. The van der Waals surface area contributed by atoms with Crippen LogP contribution in [-0.4, -0.2) is 25.2 Å². The lowest BCUT2D eigenvalue weighted by molar-refractivity contribution is 0.0857. The van der Waals surface area contributed by atoms with Crippen LogP contribution in [0.2, 0.25) is 0 Å². The number of nitrogens with one attached hydrogen (secondary N) is 1. The highest BCUT2D eigenvalue weighted by atomic mass is 16.5. The van der Waals surface area contributed by atoms with E-state index in [0.29, 0.717) is 6.54 Å². The van der Waals surface area contributed by atoms with E-state index in [0.717, 1.165) is 37.0 Å².